The predicted octanol–water partition coefficient (Wildman–Crippen LogP) is 2.08. The second kappa shape index (κ2) is 6.25. The minimum absolute atomic E-state index is 0.00764. The number of rotatable bonds is 4. The van der Waals surface area contributed by atoms with Crippen molar-refractivity contribution in [2.75, 3.05) is 25.0 Å². The van der Waals surface area contributed by atoms with Gasteiger partial charge in [0.1, 0.15) is 0 Å². The van der Waals surface area contributed by atoms with Crippen LogP contribution in [0.4, 0.5) is 10.5 Å². The summed E-state index contributed by atoms with van der Waals surface area (Å²) >= 11 is 0. The van der Waals surface area contributed by atoms with Crippen LogP contribution in [0.25, 0.3) is 0 Å². The summed E-state index contributed by atoms with van der Waals surface area (Å²) in [6, 6.07) is 7.31. The largest absolute Gasteiger partial charge is 0.392 e. The zero-order valence-corrected chi connectivity index (χ0v) is 10.7. The van der Waals surface area contributed by atoms with Gasteiger partial charge in [0.25, 0.3) is 0 Å². The monoisotopic (exact) mass is 236 g/mol. The Kier molecular flexibility index (Phi) is 4.97. The minimum atomic E-state index is -0.00764. The maximum Gasteiger partial charge on any atom is 0.324 e. The molecule has 0 bridgehead atoms. The van der Waals surface area contributed by atoms with Crippen LogP contribution in [0, 0.1) is 0 Å². The standard InChI is InChI=1S/C13H20N2O2/c1-4-15(5-2)13(17)14(3)12-8-6-11(10-16)7-9-12/h6-9,16H,4-5,10H2,1-3H3. The fourth-order valence-electron chi connectivity index (χ4n) is 1.64. The first-order valence-corrected chi connectivity index (χ1v) is 5.86. The number of benzene rings is 1. The third-order valence-electron chi connectivity index (χ3n) is 2.83. The molecule has 94 valence electrons. The van der Waals surface area contributed by atoms with Gasteiger partial charge in [-0.05, 0) is 31.5 Å². The first-order chi connectivity index (χ1) is 8.13. The molecule has 0 atom stereocenters. The third-order valence-corrected chi connectivity index (χ3v) is 2.83. The molecule has 0 heterocycles. The average molecular weight is 236 g/mol. The normalized spacial score (nSPS) is 10.1. The first kappa shape index (κ1) is 13.5. The third kappa shape index (κ3) is 3.20. The molecule has 1 N–H and O–H groups in total. The van der Waals surface area contributed by atoms with E-state index in [0.717, 1.165) is 11.3 Å². The second-order valence-corrected chi connectivity index (χ2v) is 3.84. The Labute approximate surface area is 102 Å². The summed E-state index contributed by atoms with van der Waals surface area (Å²) in [4.78, 5) is 15.4. The van der Waals surface area contributed by atoms with Crippen LogP contribution >= 0.6 is 0 Å². The fourth-order valence-corrected chi connectivity index (χ4v) is 1.64. The first-order valence-electron chi connectivity index (χ1n) is 5.86. The van der Waals surface area contributed by atoms with Gasteiger partial charge in [-0.2, -0.15) is 0 Å². The van der Waals surface area contributed by atoms with E-state index in [0.29, 0.717) is 13.1 Å². The van der Waals surface area contributed by atoms with Crippen LogP contribution in [-0.4, -0.2) is 36.2 Å². The quantitative estimate of drug-likeness (QED) is 0.869. The van der Waals surface area contributed by atoms with Crippen molar-refractivity contribution in [3.8, 4) is 0 Å². The summed E-state index contributed by atoms with van der Waals surface area (Å²) in [5, 5.41) is 8.95. The Hall–Kier alpha value is -1.55. The molecule has 0 aliphatic heterocycles. The number of anilines is 1. The lowest BCUT2D eigenvalue weighted by atomic mass is 10.2. The van der Waals surface area contributed by atoms with Crippen LogP contribution in [0.1, 0.15) is 19.4 Å². The molecular formula is C13H20N2O2. The number of carbonyl (C=O) groups excluding carboxylic acids is 1. The van der Waals surface area contributed by atoms with Crippen molar-refractivity contribution in [2.24, 2.45) is 0 Å². The highest BCUT2D eigenvalue weighted by atomic mass is 16.3. The number of amides is 2. The smallest absolute Gasteiger partial charge is 0.324 e. The van der Waals surface area contributed by atoms with Gasteiger partial charge in [0, 0.05) is 25.8 Å². The molecular weight excluding hydrogens is 216 g/mol. The molecule has 0 fully saturated rings. The van der Waals surface area contributed by atoms with E-state index in [1.807, 2.05) is 38.1 Å². The number of aliphatic hydroxyl groups is 1. The van der Waals surface area contributed by atoms with E-state index in [9.17, 15) is 4.79 Å². The molecule has 0 spiro atoms. The Bertz CT molecular complexity index is 358. The predicted molar refractivity (Wildman–Crippen MR) is 69.1 cm³/mol. The molecule has 0 aliphatic rings. The summed E-state index contributed by atoms with van der Waals surface area (Å²) < 4.78 is 0. The lowest BCUT2D eigenvalue weighted by Crippen LogP contribution is -2.41. The number of aliphatic hydroxyl groups excluding tert-OH is 1. The zero-order valence-electron chi connectivity index (χ0n) is 10.7. The maximum atomic E-state index is 12.1. The van der Waals surface area contributed by atoms with E-state index in [2.05, 4.69) is 0 Å². The molecule has 1 aromatic rings. The molecule has 0 saturated carbocycles. The molecule has 4 heteroatoms. The van der Waals surface area contributed by atoms with E-state index < -0.39 is 0 Å². The number of nitrogens with zero attached hydrogens (tertiary/aromatic N) is 2. The topological polar surface area (TPSA) is 43.8 Å². The van der Waals surface area contributed by atoms with Crippen LogP contribution in [0.2, 0.25) is 0 Å². The number of urea groups is 1. The van der Waals surface area contributed by atoms with Gasteiger partial charge in [-0.1, -0.05) is 12.1 Å². The van der Waals surface area contributed by atoms with Crippen molar-refractivity contribution in [3.05, 3.63) is 29.8 Å². The number of carbonyl (C=O) groups is 1. The molecule has 0 saturated heterocycles. The Morgan fingerprint density at radius 2 is 1.71 bits per heavy atom. The van der Waals surface area contributed by atoms with Gasteiger partial charge < -0.3 is 10.0 Å². The van der Waals surface area contributed by atoms with E-state index in [1.165, 1.54) is 0 Å². The molecule has 0 aromatic heterocycles. The van der Waals surface area contributed by atoms with Crippen LogP contribution in [-0.2, 0) is 6.61 Å². The van der Waals surface area contributed by atoms with Crippen LogP contribution in [0.3, 0.4) is 0 Å². The van der Waals surface area contributed by atoms with Gasteiger partial charge in [0.05, 0.1) is 6.61 Å². The second-order valence-electron chi connectivity index (χ2n) is 3.84. The van der Waals surface area contributed by atoms with Crippen molar-refractivity contribution in [2.45, 2.75) is 20.5 Å². The van der Waals surface area contributed by atoms with Crippen molar-refractivity contribution in [1.82, 2.24) is 4.90 Å². The highest BCUT2D eigenvalue weighted by Crippen LogP contribution is 2.15. The molecule has 0 radical (unpaired) electrons. The molecule has 2 amide bonds. The van der Waals surface area contributed by atoms with Gasteiger partial charge in [0.2, 0.25) is 0 Å². The lowest BCUT2D eigenvalue weighted by Gasteiger charge is -2.26. The molecule has 17 heavy (non-hydrogen) atoms. The van der Waals surface area contributed by atoms with E-state index >= 15 is 0 Å². The van der Waals surface area contributed by atoms with Gasteiger partial charge in [-0.25, -0.2) is 4.79 Å². The van der Waals surface area contributed by atoms with Crippen LogP contribution in [0.5, 0.6) is 0 Å². The summed E-state index contributed by atoms with van der Waals surface area (Å²) in [5.74, 6) is 0. The van der Waals surface area contributed by atoms with E-state index in [4.69, 9.17) is 5.11 Å². The van der Waals surface area contributed by atoms with Crippen LogP contribution in [0.15, 0.2) is 24.3 Å². The SMILES string of the molecule is CCN(CC)C(=O)N(C)c1ccc(CO)cc1. The Morgan fingerprint density at radius 1 is 1.18 bits per heavy atom. The van der Waals surface area contributed by atoms with Crippen molar-refractivity contribution in [1.29, 1.82) is 0 Å². The zero-order chi connectivity index (χ0) is 12.8. The van der Waals surface area contributed by atoms with E-state index in [1.54, 1.807) is 16.8 Å². The fraction of sp³-hybridized carbons (Fsp3) is 0.462. The Balaban J connectivity index is 2.80. The molecule has 1 aromatic carbocycles. The average Bonchev–Trinajstić information content (AvgIpc) is 2.39. The maximum absolute atomic E-state index is 12.1. The van der Waals surface area contributed by atoms with Gasteiger partial charge in [-0.3, -0.25) is 4.90 Å². The minimum Gasteiger partial charge on any atom is -0.392 e. The van der Waals surface area contributed by atoms with Crippen molar-refractivity contribution >= 4 is 11.7 Å². The van der Waals surface area contributed by atoms with Gasteiger partial charge >= 0.3 is 6.03 Å². The molecule has 0 unspecified atom stereocenters. The number of hydrogen-bond acceptors (Lipinski definition) is 2. The Morgan fingerprint density at radius 3 is 2.12 bits per heavy atom. The number of hydrogen-bond donors (Lipinski definition) is 1. The molecule has 4 nitrogen and oxygen atoms in total. The molecule has 1 rings (SSSR count). The van der Waals surface area contributed by atoms with Crippen LogP contribution < -0.4 is 4.90 Å². The summed E-state index contributed by atoms with van der Waals surface area (Å²) in [5.41, 5.74) is 1.68. The summed E-state index contributed by atoms with van der Waals surface area (Å²) in [6.45, 7) is 5.35. The highest BCUT2D eigenvalue weighted by Gasteiger charge is 2.15. The lowest BCUT2D eigenvalue weighted by molar-refractivity contribution is 0.211. The summed E-state index contributed by atoms with van der Waals surface area (Å²) in [6.07, 6.45) is 0. The highest BCUT2D eigenvalue weighted by molar-refractivity contribution is 5.91. The van der Waals surface area contributed by atoms with Crippen molar-refractivity contribution < 1.29 is 9.90 Å². The van der Waals surface area contributed by atoms with Crippen molar-refractivity contribution in [3.63, 3.8) is 0 Å². The summed E-state index contributed by atoms with van der Waals surface area (Å²) in [7, 11) is 1.76. The van der Waals surface area contributed by atoms with Gasteiger partial charge in [-0.15, -0.1) is 0 Å². The molecule has 0 aliphatic carbocycles. The van der Waals surface area contributed by atoms with E-state index in [-0.39, 0.29) is 12.6 Å². The van der Waals surface area contributed by atoms with Gasteiger partial charge in [0.15, 0.2) is 0 Å².